The highest BCUT2D eigenvalue weighted by Gasteiger charge is 2.19. The lowest BCUT2D eigenvalue weighted by molar-refractivity contribution is 0.120. The maximum atomic E-state index is 13.2. The molecule has 124 valence electrons. The topological polar surface area (TPSA) is 38.6 Å². The van der Waals surface area contributed by atoms with Crippen molar-refractivity contribution in [3.8, 4) is 11.3 Å². The first-order valence-electron chi connectivity index (χ1n) is 8.00. The van der Waals surface area contributed by atoms with Gasteiger partial charge in [-0.25, -0.2) is 9.37 Å². The molecule has 1 fully saturated rings. The first-order chi connectivity index (χ1) is 11.7. The van der Waals surface area contributed by atoms with E-state index in [-0.39, 0.29) is 11.9 Å². The Balaban J connectivity index is 1.75. The molecule has 0 radical (unpaired) electrons. The van der Waals surface area contributed by atoms with E-state index >= 15 is 0 Å². The number of nitrogens with zero attached hydrogens (tertiary/aromatic N) is 2. The summed E-state index contributed by atoms with van der Waals surface area (Å²) >= 11 is 3.51. The van der Waals surface area contributed by atoms with Crippen LogP contribution >= 0.6 is 15.9 Å². The summed E-state index contributed by atoms with van der Waals surface area (Å²) in [4.78, 5) is 4.72. The zero-order valence-corrected chi connectivity index (χ0v) is 14.6. The van der Waals surface area contributed by atoms with Gasteiger partial charge in [-0.1, -0.05) is 0 Å². The summed E-state index contributed by atoms with van der Waals surface area (Å²) in [6.45, 7) is 1.56. The van der Waals surface area contributed by atoms with E-state index in [2.05, 4.69) is 21.2 Å². The summed E-state index contributed by atoms with van der Waals surface area (Å²) in [5.41, 5.74) is 2.53. The molecule has 6 heteroatoms. The maximum absolute atomic E-state index is 13.2. The Bertz CT molecular complexity index is 857. The summed E-state index contributed by atoms with van der Waals surface area (Å²) in [7, 11) is 0. The summed E-state index contributed by atoms with van der Waals surface area (Å²) in [6.07, 6.45) is 4.38. The largest absolute Gasteiger partial charge is 0.376 e. The van der Waals surface area contributed by atoms with Crippen LogP contribution in [0, 0.1) is 5.82 Å². The second-order valence-electron chi connectivity index (χ2n) is 5.91. The van der Waals surface area contributed by atoms with E-state index in [1.807, 2.05) is 22.7 Å². The van der Waals surface area contributed by atoms with Gasteiger partial charge in [-0.05, 0) is 65.2 Å². The number of hydrogen-bond acceptors (Lipinski definition) is 3. The van der Waals surface area contributed by atoms with Gasteiger partial charge in [0.15, 0.2) is 0 Å². The second-order valence-corrected chi connectivity index (χ2v) is 6.82. The minimum absolute atomic E-state index is 0.226. The van der Waals surface area contributed by atoms with Gasteiger partial charge in [-0.3, -0.25) is 4.40 Å². The van der Waals surface area contributed by atoms with E-state index in [1.54, 1.807) is 12.1 Å². The predicted octanol–water partition coefficient (Wildman–Crippen LogP) is 4.49. The Labute approximate surface area is 147 Å². The molecule has 1 N–H and O–H groups in total. The van der Waals surface area contributed by atoms with Crippen molar-refractivity contribution in [1.82, 2.24) is 9.38 Å². The molecule has 0 aliphatic carbocycles. The molecule has 1 saturated heterocycles. The average molecular weight is 390 g/mol. The molecule has 1 aliphatic heterocycles. The molecule has 4 nitrogen and oxygen atoms in total. The number of halogens is 2. The molecular weight excluding hydrogens is 373 g/mol. The molecular formula is C18H17BrFN3O. The third-order valence-electron chi connectivity index (χ3n) is 4.22. The van der Waals surface area contributed by atoms with Crippen molar-refractivity contribution in [1.29, 1.82) is 0 Å². The number of benzene rings is 1. The first kappa shape index (κ1) is 15.6. The van der Waals surface area contributed by atoms with Gasteiger partial charge in [0.05, 0.1) is 6.10 Å². The molecule has 3 heterocycles. The number of anilines is 1. The van der Waals surface area contributed by atoms with Crippen LogP contribution in [0.15, 0.2) is 47.1 Å². The Kier molecular flexibility index (Phi) is 4.24. The average Bonchev–Trinajstić information content (AvgIpc) is 3.21. The molecule has 2 aromatic heterocycles. The Morgan fingerprint density at radius 1 is 1.25 bits per heavy atom. The van der Waals surface area contributed by atoms with Gasteiger partial charge in [0.25, 0.3) is 0 Å². The van der Waals surface area contributed by atoms with Gasteiger partial charge in [0, 0.05) is 29.4 Å². The molecule has 0 amide bonds. The van der Waals surface area contributed by atoms with Gasteiger partial charge < -0.3 is 10.1 Å². The van der Waals surface area contributed by atoms with Crippen LogP contribution in [0.25, 0.3) is 16.9 Å². The highest BCUT2D eigenvalue weighted by molar-refractivity contribution is 9.10. The van der Waals surface area contributed by atoms with Crippen molar-refractivity contribution in [2.24, 2.45) is 0 Å². The van der Waals surface area contributed by atoms with Crippen LogP contribution in [-0.2, 0) is 4.74 Å². The van der Waals surface area contributed by atoms with Crippen LogP contribution in [0.1, 0.15) is 12.8 Å². The third-order valence-corrected chi connectivity index (χ3v) is 4.69. The SMILES string of the molecule is Fc1ccc(-c2nc3ccc(Br)cn3c2NC[C@H]2CCCO2)cc1. The minimum atomic E-state index is -0.251. The number of fused-ring (bicyclic) bond motifs is 1. The van der Waals surface area contributed by atoms with E-state index < -0.39 is 0 Å². The smallest absolute Gasteiger partial charge is 0.139 e. The van der Waals surface area contributed by atoms with Crippen LogP contribution < -0.4 is 5.32 Å². The molecule has 1 atom stereocenters. The van der Waals surface area contributed by atoms with Crippen LogP contribution in [0.5, 0.6) is 0 Å². The monoisotopic (exact) mass is 389 g/mol. The third kappa shape index (κ3) is 3.03. The molecule has 3 aromatic rings. The highest BCUT2D eigenvalue weighted by Crippen LogP contribution is 2.30. The van der Waals surface area contributed by atoms with Crippen LogP contribution in [0.4, 0.5) is 10.2 Å². The first-order valence-corrected chi connectivity index (χ1v) is 8.79. The Hall–Kier alpha value is -1.92. The van der Waals surface area contributed by atoms with Gasteiger partial charge >= 0.3 is 0 Å². The summed E-state index contributed by atoms with van der Waals surface area (Å²) < 4.78 is 21.9. The van der Waals surface area contributed by atoms with Crippen LogP contribution in [-0.4, -0.2) is 28.6 Å². The van der Waals surface area contributed by atoms with E-state index in [9.17, 15) is 4.39 Å². The minimum Gasteiger partial charge on any atom is -0.376 e. The zero-order chi connectivity index (χ0) is 16.5. The predicted molar refractivity (Wildman–Crippen MR) is 95.7 cm³/mol. The number of pyridine rings is 1. The Morgan fingerprint density at radius 3 is 2.83 bits per heavy atom. The number of hydrogen-bond donors (Lipinski definition) is 1. The van der Waals surface area contributed by atoms with Crippen LogP contribution in [0.3, 0.4) is 0 Å². The summed E-state index contributed by atoms with van der Waals surface area (Å²) in [5, 5.41) is 3.48. The van der Waals surface area contributed by atoms with E-state index in [1.165, 1.54) is 12.1 Å². The summed E-state index contributed by atoms with van der Waals surface area (Å²) in [6, 6.07) is 10.3. The Morgan fingerprint density at radius 2 is 2.08 bits per heavy atom. The molecule has 0 spiro atoms. The fourth-order valence-corrected chi connectivity index (χ4v) is 3.35. The lowest BCUT2D eigenvalue weighted by Crippen LogP contribution is -2.19. The number of aromatic nitrogens is 2. The number of imidazole rings is 1. The van der Waals surface area contributed by atoms with Crippen molar-refractivity contribution in [3.05, 3.63) is 52.9 Å². The standard InChI is InChI=1S/C18H17BrFN3O/c19-13-5-8-16-22-17(12-3-6-14(20)7-4-12)18(23(16)11-13)21-10-15-2-1-9-24-15/h3-8,11,15,21H,1-2,9-10H2/t15-/m1/s1. The molecule has 0 saturated carbocycles. The van der Waals surface area contributed by atoms with E-state index in [4.69, 9.17) is 9.72 Å². The van der Waals surface area contributed by atoms with Crippen molar-refractivity contribution in [3.63, 3.8) is 0 Å². The van der Waals surface area contributed by atoms with Crippen molar-refractivity contribution in [2.45, 2.75) is 18.9 Å². The van der Waals surface area contributed by atoms with E-state index in [0.29, 0.717) is 0 Å². The normalized spacial score (nSPS) is 17.5. The van der Waals surface area contributed by atoms with Gasteiger partial charge in [-0.15, -0.1) is 0 Å². The molecule has 1 aromatic carbocycles. The number of ether oxygens (including phenoxy) is 1. The zero-order valence-electron chi connectivity index (χ0n) is 13.0. The van der Waals surface area contributed by atoms with E-state index in [0.717, 1.165) is 53.2 Å². The second kappa shape index (κ2) is 6.53. The fraction of sp³-hybridized carbons (Fsp3) is 0.278. The number of nitrogens with one attached hydrogen (secondary N) is 1. The molecule has 0 bridgehead atoms. The molecule has 0 unspecified atom stereocenters. The highest BCUT2D eigenvalue weighted by atomic mass is 79.9. The molecule has 4 rings (SSSR count). The van der Waals surface area contributed by atoms with Crippen molar-refractivity contribution in [2.75, 3.05) is 18.5 Å². The van der Waals surface area contributed by atoms with Gasteiger partial charge in [-0.2, -0.15) is 0 Å². The van der Waals surface area contributed by atoms with Gasteiger partial charge in [0.1, 0.15) is 23.0 Å². The lowest BCUT2D eigenvalue weighted by Gasteiger charge is -2.13. The quantitative estimate of drug-likeness (QED) is 0.713. The van der Waals surface area contributed by atoms with Crippen molar-refractivity contribution < 1.29 is 9.13 Å². The maximum Gasteiger partial charge on any atom is 0.139 e. The molecule has 1 aliphatic rings. The number of rotatable bonds is 4. The van der Waals surface area contributed by atoms with Crippen LogP contribution in [0.2, 0.25) is 0 Å². The fourth-order valence-electron chi connectivity index (χ4n) is 3.01. The lowest BCUT2D eigenvalue weighted by atomic mass is 10.1. The molecule has 24 heavy (non-hydrogen) atoms. The van der Waals surface area contributed by atoms with Crippen molar-refractivity contribution >= 4 is 27.4 Å². The van der Waals surface area contributed by atoms with Gasteiger partial charge in [0.2, 0.25) is 0 Å². The summed E-state index contributed by atoms with van der Waals surface area (Å²) in [5.74, 6) is 0.646.